The number of hydrogen-bond donors (Lipinski definition) is 3. The molecule has 9 heteroatoms. The summed E-state index contributed by atoms with van der Waals surface area (Å²) in [4.78, 5) is 27.0. The van der Waals surface area contributed by atoms with Gasteiger partial charge in [-0.2, -0.15) is 0 Å². The second-order valence-electron chi connectivity index (χ2n) is 10.1. The third kappa shape index (κ3) is 6.78. The third-order valence-corrected chi connectivity index (χ3v) is 8.65. The van der Waals surface area contributed by atoms with Crippen molar-refractivity contribution in [3.63, 3.8) is 0 Å². The van der Waals surface area contributed by atoms with Crippen molar-refractivity contribution in [1.29, 1.82) is 0 Å². The topological polar surface area (TPSA) is 108 Å². The number of carbonyl (C=O) groups is 2. The number of piperidine rings is 1. The van der Waals surface area contributed by atoms with Gasteiger partial charge in [-0.25, -0.2) is 13.1 Å². The van der Waals surface area contributed by atoms with Gasteiger partial charge in [-0.1, -0.05) is 42.8 Å². The van der Waals surface area contributed by atoms with Gasteiger partial charge in [-0.05, 0) is 62.4 Å². The Balaban J connectivity index is 1.53. The van der Waals surface area contributed by atoms with Gasteiger partial charge in [0.05, 0.1) is 10.9 Å². The molecule has 2 amide bonds. The van der Waals surface area contributed by atoms with Crippen molar-refractivity contribution in [3.05, 3.63) is 72.3 Å². The highest BCUT2D eigenvalue weighted by Crippen LogP contribution is 2.24. The van der Waals surface area contributed by atoms with E-state index in [1.54, 1.807) is 42.5 Å². The Labute approximate surface area is 224 Å². The Morgan fingerprint density at radius 1 is 0.947 bits per heavy atom. The number of fused-ring (bicyclic) bond motifs is 1. The Hall–Kier alpha value is -3.27. The van der Waals surface area contributed by atoms with Crippen LogP contribution in [0.1, 0.15) is 50.4 Å². The lowest BCUT2D eigenvalue weighted by atomic mass is 9.97. The number of sulfonamides is 1. The zero-order valence-electron chi connectivity index (χ0n) is 22.1. The van der Waals surface area contributed by atoms with E-state index in [-0.39, 0.29) is 23.3 Å². The van der Waals surface area contributed by atoms with Gasteiger partial charge in [0.25, 0.3) is 5.91 Å². The van der Waals surface area contributed by atoms with Crippen LogP contribution in [0.4, 0.5) is 5.69 Å². The molecule has 0 aromatic heterocycles. The minimum Gasteiger partial charge on any atom is -0.347 e. The number of nitrogens with one attached hydrogen (secondary N) is 3. The van der Waals surface area contributed by atoms with Crippen molar-refractivity contribution < 1.29 is 18.0 Å². The zero-order chi connectivity index (χ0) is 27.3. The molecule has 1 aliphatic heterocycles. The van der Waals surface area contributed by atoms with Crippen molar-refractivity contribution in [2.75, 3.05) is 18.4 Å². The van der Waals surface area contributed by atoms with Crippen LogP contribution < -0.4 is 15.4 Å². The summed E-state index contributed by atoms with van der Waals surface area (Å²) in [5.41, 5.74) is 1.03. The van der Waals surface area contributed by atoms with Crippen LogP contribution in [0.5, 0.6) is 0 Å². The van der Waals surface area contributed by atoms with Gasteiger partial charge in [0, 0.05) is 48.7 Å². The number of amides is 2. The highest BCUT2D eigenvalue weighted by atomic mass is 32.2. The minimum absolute atomic E-state index is 0.0528. The van der Waals surface area contributed by atoms with Crippen LogP contribution in [0.3, 0.4) is 0 Å². The molecule has 0 saturated carbocycles. The number of hydrogen-bond acceptors (Lipinski definition) is 5. The first-order chi connectivity index (χ1) is 18.1. The average Bonchev–Trinajstić information content (AvgIpc) is 2.89. The largest absolute Gasteiger partial charge is 0.347 e. The predicted octanol–water partition coefficient (Wildman–Crippen LogP) is 4.14. The zero-order valence-corrected chi connectivity index (χ0v) is 22.9. The monoisotopic (exact) mass is 536 g/mol. The quantitative estimate of drug-likeness (QED) is 0.381. The molecule has 1 aliphatic rings. The molecular formula is C29H36N4O4S. The van der Waals surface area contributed by atoms with Gasteiger partial charge in [-0.15, -0.1) is 0 Å². The van der Waals surface area contributed by atoms with Gasteiger partial charge < -0.3 is 10.6 Å². The van der Waals surface area contributed by atoms with Crippen LogP contribution in [-0.2, 0) is 14.8 Å². The summed E-state index contributed by atoms with van der Waals surface area (Å²) in [7, 11) is -3.83. The predicted molar refractivity (Wildman–Crippen MR) is 151 cm³/mol. The van der Waals surface area contributed by atoms with Gasteiger partial charge in [0.2, 0.25) is 15.9 Å². The van der Waals surface area contributed by atoms with E-state index in [0.717, 1.165) is 24.6 Å². The first-order valence-electron chi connectivity index (χ1n) is 13.1. The molecule has 3 atom stereocenters. The maximum Gasteiger partial charge on any atom is 0.251 e. The molecule has 0 aliphatic carbocycles. The molecule has 4 rings (SSSR count). The standard InChI is InChI=1S/C29H36N4O4S/c1-20-8-6-9-21(2)33(20)19-26(32-29(35)24-14-16-25(17-15-24)31-22(3)34)18-30-38(36,37)28-13-7-11-23-10-4-5-12-27(23)28/h4-5,7,10-17,20-21,26,30H,6,8-9,18-19H2,1-3H3,(H,31,34)(H,32,35)/t20-,21+,26-/m0/s1. The number of nitrogens with zero attached hydrogens (tertiary/aromatic N) is 1. The van der Waals surface area contributed by atoms with Gasteiger partial charge >= 0.3 is 0 Å². The highest BCUT2D eigenvalue weighted by Gasteiger charge is 2.29. The van der Waals surface area contributed by atoms with E-state index in [4.69, 9.17) is 0 Å². The molecule has 0 radical (unpaired) electrons. The van der Waals surface area contributed by atoms with Gasteiger partial charge in [0.1, 0.15) is 0 Å². The maximum absolute atomic E-state index is 13.4. The summed E-state index contributed by atoms with van der Waals surface area (Å²) < 4.78 is 29.5. The van der Waals surface area contributed by atoms with Crippen LogP contribution in [0, 0.1) is 0 Å². The molecule has 8 nitrogen and oxygen atoms in total. The Kier molecular flexibility index (Phi) is 8.81. The summed E-state index contributed by atoms with van der Waals surface area (Å²) >= 11 is 0. The van der Waals surface area contributed by atoms with E-state index in [0.29, 0.717) is 35.3 Å². The Morgan fingerprint density at radius 2 is 1.61 bits per heavy atom. The summed E-state index contributed by atoms with van der Waals surface area (Å²) in [6.07, 6.45) is 3.29. The Bertz CT molecular complexity index is 1380. The fourth-order valence-corrected chi connectivity index (χ4v) is 6.45. The SMILES string of the molecule is CC(=O)Nc1ccc(C(=O)N[C@@H](CNS(=O)(=O)c2cccc3ccccc23)CN2[C@H](C)CCC[C@@H]2C)cc1. The normalized spacial score (nSPS) is 19.1. The lowest BCUT2D eigenvalue weighted by Crippen LogP contribution is -2.54. The van der Waals surface area contributed by atoms with E-state index in [1.165, 1.54) is 6.92 Å². The molecule has 3 aromatic rings. The lowest BCUT2D eigenvalue weighted by Gasteiger charge is -2.41. The smallest absolute Gasteiger partial charge is 0.251 e. The van der Waals surface area contributed by atoms with Gasteiger partial charge in [-0.3, -0.25) is 14.5 Å². The molecule has 3 aromatic carbocycles. The summed E-state index contributed by atoms with van der Waals surface area (Å²) in [6.45, 7) is 6.35. The third-order valence-electron chi connectivity index (χ3n) is 7.17. The molecule has 1 fully saturated rings. The van der Waals surface area contributed by atoms with Crippen LogP contribution in [0.15, 0.2) is 71.6 Å². The minimum atomic E-state index is -3.83. The van der Waals surface area contributed by atoms with Gasteiger partial charge in [0.15, 0.2) is 0 Å². The van der Waals surface area contributed by atoms with Crippen molar-refractivity contribution in [3.8, 4) is 0 Å². The number of benzene rings is 3. The first-order valence-corrected chi connectivity index (χ1v) is 14.5. The van der Waals surface area contributed by atoms with Crippen molar-refractivity contribution in [2.24, 2.45) is 0 Å². The fourth-order valence-electron chi connectivity index (χ4n) is 5.15. The van der Waals surface area contributed by atoms with E-state index in [1.807, 2.05) is 24.3 Å². The summed E-state index contributed by atoms with van der Waals surface area (Å²) in [5, 5.41) is 7.23. The summed E-state index contributed by atoms with van der Waals surface area (Å²) in [6, 6.07) is 19.4. The highest BCUT2D eigenvalue weighted by molar-refractivity contribution is 7.89. The van der Waals surface area contributed by atoms with Crippen LogP contribution in [0.2, 0.25) is 0 Å². The molecule has 1 saturated heterocycles. The first kappa shape index (κ1) is 27.8. The second-order valence-corrected chi connectivity index (χ2v) is 11.8. The number of anilines is 1. The van der Waals surface area contributed by atoms with Crippen molar-refractivity contribution >= 4 is 38.3 Å². The molecular weight excluding hydrogens is 500 g/mol. The van der Waals surface area contributed by atoms with E-state index < -0.39 is 16.1 Å². The van der Waals surface area contributed by atoms with E-state index in [2.05, 4.69) is 34.1 Å². The molecule has 0 spiro atoms. The number of rotatable bonds is 9. The van der Waals surface area contributed by atoms with Crippen LogP contribution >= 0.6 is 0 Å². The van der Waals surface area contributed by atoms with E-state index in [9.17, 15) is 18.0 Å². The second kappa shape index (κ2) is 12.1. The molecule has 1 heterocycles. The van der Waals surface area contributed by atoms with Crippen molar-refractivity contribution in [1.82, 2.24) is 14.9 Å². The fraction of sp³-hybridized carbons (Fsp3) is 0.379. The Morgan fingerprint density at radius 3 is 2.29 bits per heavy atom. The molecule has 38 heavy (non-hydrogen) atoms. The molecule has 202 valence electrons. The van der Waals surface area contributed by atoms with Crippen LogP contribution in [-0.4, -0.2) is 56.3 Å². The lowest BCUT2D eigenvalue weighted by molar-refractivity contribution is -0.114. The molecule has 0 unspecified atom stereocenters. The average molecular weight is 537 g/mol. The maximum atomic E-state index is 13.4. The van der Waals surface area contributed by atoms with Crippen LogP contribution in [0.25, 0.3) is 10.8 Å². The summed E-state index contributed by atoms with van der Waals surface area (Å²) in [5.74, 6) is -0.489. The molecule has 0 bridgehead atoms. The molecule has 3 N–H and O–H groups in total. The van der Waals surface area contributed by atoms with E-state index >= 15 is 0 Å². The van der Waals surface area contributed by atoms with Crippen molar-refractivity contribution in [2.45, 2.75) is 63.1 Å². The number of carbonyl (C=O) groups excluding carboxylic acids is 2. The number of likely N-dealkylation sites (tertiary alicyclic amines) is 1.